The lowest BCUT2D eigenvalue weighted by Gasteiger charge is -2.16. The van der Waals surface area contributed by atoms with E-state index in [-0.39, 0.29) is 0 Å². The third kappa shape index (κ3) is 8.72. The summed E-state index contributed by atoms with van der Waals surface area (Å²) in [5.41, 5.74) is 24.0. The molecule has 0 N–H and O–H groups in total. The van der Waals surface area contributed by atoms with Gasteiger partial charge in [-0.05, 0) is 205 Å². The molecule has 2 heteroatoms. The van der Waals surface area contributed by atoms with E-state index < -0.39 is 0 Å². The second-order valence-electron chi connectivity index (χ2n) is 25.1. The molecule has 0 aliphatic rings. The quantitative estimate of drug-likeness (QED) is 0.128. The van der Waals surface area contributed by atoms with Crippen LogP contribution in [0.15, 0.2) is 352 Å². The summed E-state index contributed by atoms with van der Waals surface area (Å²) in [5.74, 6) is 0. The smallest absolute Gasteiger partial charge is 0.0541 e. The molecular formula is C92H58N2. The Morgan fingerprint density at radius 3 is 1.09 bits per heavy atom. The van der Waals surface area contributed by atoms with Crippen LogP contribution in [-0.2, 0) is 0 Å². The van der Waals surface area contributed by atoms with Gasteiger partial charge in [-0.15, -0.1) is 0 Å². The van der Waals surface area contributed by atoms with Crippen molar-refractivity contribution in [1.82, 2.24) is 9.13 Å². The van der Waals surface area contributed by atoms with E-state index in [4.69, 9.17) is 0 Å². The summed E-state index contributed by atoms with van der Waals surface area (Å²) in [7, 11) is 0. The summed E-state index contributed by atoms with van der Waals surface area (Å²) in [4.78, 5) is 0. The molecule has 17 aromatic carbocycles. The first-order chi connectivity index (χ1) is 46.6. The van der Waals surface area contributed by atoms with E-state index in [1.807, 2.05) is 0 Å². The van der Waals surface area contributed by atoms with Crippen LogP contribution < -0.4 is 0 Å². The largest absolute Gasteiger partial charge is 0.309 e. The summed E-state index contributed by atoms with van der Waals surface area (Å²) in [6, 6.07) is 130. The van der Waals surface area contributed by atoms with Gasteiger partial charge in [-0.1, -0.05) is 279 Å². The van der Waals surface area contributed by atoms with Crippen molar-refractivity contribution in [2.24, 2.45) is 0 Å². The minimum Gasteiger partial charge on any atom is -0.309 e. The van der Waals surface area contributed by atoms with Gasteiger partial charge in [0.05, 0.1) is 22.1 Å². The van der Waals surface area contributed by atoms with Gasteiger partial charge >= 0.3 is 0 Å². The SMILES string of the molecule is c1cc(-c2cccc3ccccc23)cc(-n2c3ccccc3c3cc(-c4ccc(-c5ccc(-c6ccc7c(-c8ccc(-n9c%10ccccc%10c%10cc(-c%11ccc(-c%12cccc%13ccccc%12%13)cc%11)ccc%109)cc8)cc8ccccc8c7c6)c6ccccc56)cc4)ccc32)c1. The maximum atomic E-state index is 2.43. The second kappa shape index (κ2) is 21.7. The number of nitrogens with zero attached hydrogens (tertiary/aromatic N) is 2. The van der Waals surface area contributed by atoms with Gasteiger partial charge in [0.2, 0.25) is 0 Å². The van der Waals surface area contributed by atoms with Crippen LogP contribution in [0, 0.1) is 0 Å². The molecule has 0 saturated heterocycles. The first-order valence-electron chi connectivity index (χ1n) is 32.5. The fourth-order valence-corrected chi connectivity index (χ4v) is 15.4. The van der Waals surface area contributed by atoms with Crippen molar-refractivity contribution in [3.05, 3.63) is 352 Å². The van der Waals surface area contributed by atoms with Crippen LogP contribution in [0.4, 0.5) is 0 Å². The monoisotopic (exact) mass is 1190 g/mol. The number of para-hydroxylation sites is 2. The number of rotatable bonds is 9. The predicted octanol–water partition coefficient (Wildman–Crippen LogP) is 25.3. The molecule has 0 atom stereocenters. The van der Waals surface area contributed by atoms with E-state index in [9.17, 15) is 0 Å². The van der Waals surface area contributed by atoms with E-state index in [2.05, 4.69) is 361 Å². The van der Waals surface area contributed by atoms with Gasteiger partial charge in [-0.2, -0.15) is 0 Å². The fourth-order valence-electron chi connectivity index (χ4n) is 15.4. The normalized spacial score (nSPS) is 11.8. The lowest BCUT2D eigenvalue weighted by molar-refractivity contribution is 1.18. The summed E-state index contributed by atoms with van der Waals surface area (Å²) in [6.45, 7) is 0. The van der Waals surface area contributed by atoms with Gasteiger partial charge in [-0.25, -0.2) is 0 Å². The average Bonchev–Trinajstić information content (AvgIpc) is 1.28. The number of benzene rings is 17. The predicted molar refractivity (Wildman–Crippen MR) is 401 cm³/mol. The van der Waals surface area contributed by atoms with Crippen LogP contribution in [0.25, 0.3) is 187 Å². The van der Waals surface area contributed by atoms with Crippen molar-refractivity contribution < 1.29 is 0 Å². The van der Waals surface area contributed by atoms with Gasteiger partial charge in [0.25, 0.3) is 0 Å². The van der Waals surface area contributed by atoms with Gasteiger partial charge in [0.15, 0.2) is 0 Å². The third-order valence-electron chi connectivity index (χ3n) is 19.9. The standard InChI is InChI=1S/C92H58N2/c1-4-23-73-61(16-1)19-14-30-75(73)63-38-34-59(35-39-63)66-45-52-91-87(55-66)83-28-9-11-32-89(83)93(91)71-47-42-65(43-48-71)85-57-69-18-3-6-25-77(69)86-58-70(44-49-82(85)86)79-51-50-78(80-26-7-8-27-81(79)80)64-40-36-60(37-41-64)67-46-53-92-88(56-67)84-29-10-12-33-90(84)94(92)72-22-13-21-68(54-72)76-31-15-20-62-17-2-5-24-74(62)76/h1-58H. The van der Waals surface area contributed by atoms with Gasteiger partial charge in [-0.3, -0.25) is 0 Å². The van der Waals surface area contributed by atoms with Crippen LogP contribution in [0.3, 0.4) is 0 Å². The van der Waals surface area contributed by atoms with E-state index in [1.54, 1.807) is 0 Å². The molecule has 0 amide bonds. The van der Waals surface area contributed by atoms with E-state index in [0.717, 1.165) is 11.4 Å². The van der Waals surface area contributed by atoms with Crippen molar-refractivity contribution in [2.75, 3.05) is 0 Å². The molecule has 436 valence electrons. The highest BCUT2D eigenvalue weighted by molar-refractivity contribution is 6.17. The molecule has 0 bridgehead atoms. The average molecular weight is 1190 g/mol. The van der Waals surface area contributed by atoms with Crippen molar-refractivity contribution in [2.45, 2.75) is 0 Å². The summed E-state index contributed by atoms with van der Waals surface area (Å²) in [6.07, 6.45) is 0. The maximum absolute atomic E-state index is 2.43. The van der Waals surface area contributed by atoms with Crippen LogP contribution in [0.1, 0.15) is 0 Å². The van der Waals surface area contributed by atoms with Crippen LogP contribution in [0.2, 0.25) is 0 Å². The molecule has 19 aromatic rings. The van der Waals surface area contributed by atoms with E-state index in [1.165, 1.54) is 175 Å². The summed E-state index contributed by atoms with van der Waals surface area (Å²) in [5, 5.41) is 17.4. The molecule has 94 heavy (non-hydrogen) atoms. The first-order valence-corrected chi connectivity index (χ1v) is 32.5. The minimum atomic E-state index is 1.13. The van der Waals surface area contributed by atoms with Gasteiger partial charge in [0.1, 0.15) is 0 Å². The summed E-state index contributed by atoms with van der Waals surface area (Å²) < 4.78 is 4.85. The van der Waals surface area contributed by atoms with Crippen molar-refractivity contribution in [1.29, 1.82) is 0 Å². The molecule has 0 radical (unpaired) electrons. The second-order valence-corrected chi connectivity index (χ2v) is 25.1. The fraction of sp³-hybridized carbons (Fsp3) is 0. The Kier molecular flexibility index (Phi) is 12.3. The molecule has 2 aromatic heterocycles. The topological polar surface area (TPSA) is 9.86 Å². The molecule has 0 saturated carbocycles. The Hall–Kier alpha value is -12.4. The van der Waals surface area contributed by atoms with E-state index in [0.29, 0.717) is 0 Å². The molecule has 0 unspecified atom stereocenters. The Labute approximate surface area is 544 Å². The third-order valence-corrected chi connectivity index (χ3v) is 19.9. The van der Waals surface area contributed by atoms with Gasteiger partial charge in [0, 0.05) is 32.9 Å². The minimum absolute atomic E-state index is 1.13. The Morgan fingerprint density at radius 1 is 0.138 bits per heavy atom. The van der Waals surface area contributed by atoms with Crippen LogP contribution in [0.5, 0.6) is 0 Å². The number of fused-ring (bicyclic) bond motifs is 12. The van der Waals surface area contributed by atoms with E-state index >= 15 is 0 Å². The first kappa shape index (κ1) is 53.5. The van der Waals surface area contributed by atoms with Crippen LogP contribution in [-0.4, -0.2) is 9.13 Å². The molecule has 0 spiro atoms. The Morgan fingerprint density at radius 2 is 0.500 bits per heavy atom. The van der Waals surface area contributed by atoms with Crippen molar-refractivity contribution >= 4 is 97.5 Å². The molecule has 2 heterocycles. The highest BCUT2D eigenvalue weighted by Crippen LogP contribution is 2.44. The molecule has 0 aliphatic carbocycles. The van der Waals surface area contributed by atoms with Crippen molar-refractivity contribution in [3.8, 4) is 89.3 Å². The van der Waals surface area contributed by atoms with Crippen LogP contribution >= 0.6 is 0 Å². The van der Waals surface area contributed by atoms with Crippen molar-refractivity contribution in [3.63, 3.8) is 0 Å². The Balaban J connectivity index is 0.630. The number of aromatic nitrogens is 2. The molecule has 2 nitrogen and oxygen atoms in total. The molecule has 0 fully saturated rings. The lowest BCUT2D eigenvalue weighted by atomic mass is 9.88. The zero-order valence-corrected chi connectivity index (χ0v) is 51.4. The highest BCUT2D eigenvalue weighted by Gasteiger charge is 2.19. The summed E-state index contributed by atoms with van der Waals surface area (Å²) >= 11 is 0. The zero-order chi connectivity index (χ0) is 61.8. The molecular weight excluding hydrogens is 1130 g/mol. The number of hydrogen-bond acceptors (Lipinski definition) is 0. The molecule has 19 rings (SSSR count). The number of hydrogen-bond donors (Lipinski definition) is 0. The molecule has 0 aliphatic heterocycles. The lowest BCUT2D eigenvalue weighted by Crippen LogP contribution is -1.94. The van der Waals surface area contributed by atoms with Gasteiger partial charge < -0.3 is 9.13 Å². The zero-order valence-electron chi connectivity index (χ0n) is 51.4. The maximum Gasteiger partial charge on any atom is 0.0541 e. The highest BCUT2D eigenvalue weighted by atomic mass is 15.0. The Bertz CT molecular complexity index is 6250.